The van der Waals surface area contributed by atoms with Gasteiger partial charge in [0, 0.05) is 27.7 Å². The van der Waals surface area contributed by atoms with Crippen LogP contribution in [-0.2, 0) is 13.2 Å². The van der Waals surface area contributed by atoms with Gasteiger partial charge in [-0.1, -0.05) is 30.1 Å². The van der Waals surface area contributed by atoms with Crippen LogP contribution in [0.5, 0.6) is 5.75 Å². The van der Waals surface area contributed by atoms with Crippen LogP contribution in [0.1, 0.15) is 18.1 Å². The Morgan fingerprint density at radius 2 is 1.71 bits per heavy atom. The lowest BCUT2D eigenvalue weighted by molar-refractivity contribution is 0.296. The zero-order chi connectivity index (χ0) is 15.2. The molecule has 0 bridgehead atoms. The van der Waals surface area contributed by atoms with Crippen LogP contribution in [0.2, 0.25) is 10.0 Å². The van der Waals surface area contributed by atoms with E-state index in [4.69, 9.17) is 27.9 Å². The van der Waals surface area contributed by atoms with Gasteiger partial charge in [0.25, 0.3) is 0 Å². The van der Waals surface area contributed by atoms with Crippen LogP contribution in [-0.4, -0.2) is 6.54 Å². The van der Waals surface area contributed by atoms with Gasteiger partial charge in [-0.15, -0.1) is 0 Å². The highest BCUT2D eigenvalue weighted by atomic mass is 35.5. The summed E-state index contributed by atoms with van der Waals surface area (Å²) in [7, 11) is 0. The van der Waals surface area contributed by atoms with Crippen molar-refractivity contribution in [2.24, 2.45) is 0 Å². The minimum Gasteiger partial charge on any atom is -0.488 e. The van der Waals surface area contributed by atoms with Crippen LogP contribution >= 0.6 is 23.2 Å². The van der Waals surface area contributed by atoms with Crippen molar-refractivity contribution in [3.8, 4) is 5.75 Å². The van der Waals surface area contributed by atoms with Crippen molar-refractivity contribution in [2.75, 3.05) is 6.54 Å². The van der Waals surface area contributed by atoms with Crippen molar-refractivity contribution in [3.63, 3.8) is 0 Å². The van der Waals surface area contributed by atoms with Crippen LogP contribution in [0, 0.1) is 5.82 Å². The summed E-state index contributed by atoms with van der Waals surface area (Å²) < 4.78 is 19.4. The normalized spacial score (nSPS) is 10.7. The molecule has 0 radical (unpaired) electrons. The molecule has 5 heteroatoms. The first-order valence-electron chi connectivity index (χ1n) is 6.66. The number of nitrogens with one attached hydrogen (secondary N) is 1. The van der Waals surface area contributed by atoms with Gasteiger partial charge in [0.05, 0.1) is 0 Å². The molecule has 0 aliphatic rings. The molecule has 0 spiro atoms. The van der Waals surface area contributed by atoms with Gasteiger partial charge < -0.3 is 10.1 Å². The summed E-state index contributed by atoms with van der Waals surface area (Å²) in [6, 6.07) is 9.80. The lowest BCUT2D eigenvalue weighted by atomic mass is 10.2. The molecule has 0 aliphatic heterocycles. The topological polar surface area (TPSA) is 21.3 Å². The van der Waals surface area contributed by atoms with Gasteiger partial charge in [-0.25, -0.2) is 4.39 Å². The number of hydrogen-bond acceptors (Lipinski definition) is 2. The maximum atomic E-state index is 13.7. The fraction of sp³-hybridized carbons (Fsp3) is 0.250. The lowest BCUT2D eigenvalue weighted by Gasteiger charge is -2.13. The van der Waals surface area contributed by atoms with Crippen molar-refractivity contribution in [1.29, 1.82) is 0 Å². The van der Waals surface area contributed by atoms with Crippen molar-refractivity contribution < 1.29 is 9.13 Å². The molecule has 0 amide bonds. The third kappa shape index (κ3) is 4.60. The molecule has 0 fully saturated rings. The lowest BCUT2D eigenvalue weighted by Crippen LogP contribution is -2.13. The highest BCUT2D eigenvalue weighted by Gasteiger charge is 2.08. The van der Waals surface area contributed by atoms with E-state index in [1.165, 1.54) is 12.1 Å². The first kappa shape index (κ1) is 16.1. The van der Waals surface area contributed by atoms with Gasteiger partial charge in [-0.05, 0) is 42.9 Å². The van der Waals surface area contributed by atoms with E-state index in [0.29, 0.717) is 27.9 Å². The van der Waals surface area contributed by atoms with Gasteiger partial charge >= 0.3 is 0 Å². The molecule has 2 rings (SSSR count). The fourth-order valence-corrected chi connectivity index (χ4v) is 2.29. The Bertz CT molecular complexity index is 619. The predicted octanol–water partition coefficient (Wildman–Crippen LogP) is 4.82. The van der Waals surface area contributed by atoms with Gasteiger partial charge in [0.1, 0.15) is 18.2 Å². The second kappa shape index (κ2) is 7.64. The maximum absolute atomic E-state index is 13.7. The average Bonchev–Trinajstić information content (AvgIpc) is 2.47. The Morgan fingerprint density at radius 1 is 1.05 bits per heavy atom. The van der Waals surface area contributed by atoms with E-state index in [9.17, 15) is 4.39 Å². The molecule has 1 N–H and O–H groups in total. The SMILES string of the molecule is CCNCc1cc(Cl)ccc1OCc1cc(Cl)ccc1F. The molecule has 0 saturated heterocycles. The Labute approximate surface area is 133 Å². The molecule has 0 atom stereocenters. The molecule has 0 heterocycles. The highest BCUT2D eigenvalue weighted by Crippen LogP contribution is 2.25. The number of benzene rings is 2. The van der Waals surface area contributed by atoms with E-state index in [-0.39, 0.29) is 12.4 Å². The van der Waals surface area contributed by atoms with E-state index in [1.54, 1.807) is 18.2 Å². The molecule has 2 nitrogen and oxygen atoms in total. The van der Waals surface area contributed by atoms with Crippen molar-refractivity contribution in [1.82, 2.24) is 5.32 Å². The average molecular weight is 328 g/mol. The number of halogens is 3. The second-order valence-corrected chi connectivity index (χ2v) is 5.43. The maximum Gasteiger partial charge on any atom is 0.129 e. The van der Waals surface area contributed by atoms with E-state index < -0.39 is 0 Å². The van der Waals surface area contributed by atoms with Gasteiger partial charge in [-0.3, -0.25) is 0 Å². The third-order valence-corrected chi connectivity index (χ3v) is 3.45. The minimum atomic E-state index is -0.332. The first-order valence-corrected chi connectivity index (χ1v) is 7.41. The standard InChI is InChI=1S/C16H16Cl2FNO/c1-2-20-9-11-7-14(18)4-6-16(11)21-10-12-8-13(17)3-5-15(12)19/h3-8,20H,2,9-10H2,1H3. The summed E-state index contributed by atoms with van der Waals surface area (Å²) in [5, 5.41) is 4.34. The van der Waals surface area contributed by atoms with E-state index in [0.717, 1.165) is 12.1 Å². The smallest absolute Gasteiger partial charge is 0.129 e. The van der Waals surface area contributed by atoms with Crippen LogP contribution in [0.4, 0.5) is 4.39 Å². The number of hydrogen-bond donors (Lipinski definition) is 1. The number of rotatable bonds is 6. The highest BCUT2D eigenvalue weighted by molar-refractivity contribution is 6.30. The summed E-state index contributed by atoms with van der Waals surface area (Å²) in [5.74, 6) is 0.348. The zero-order valence-electron chi connectivity index (χ0n) is 11.6. The zero-order valence-corrected chi connectivity index (χ0v) is 13.1. The summed E-state index contributed by atoms with van der Waals surface area (Å²) in [6.07, 6.45) is 0. The van der Waals surface area contributed by atoms with Crippen molar-refractivity contribution in [2.45, 2.75) is 20.1 Å². The summed E-state index contributed by atoms with van der Waals surface area (Å²) in [5.41, 5.74) is 1.36. The Balaban J connectivity index is 2.13. The summed E-state index contributed by atoms with van der Waals surface area (Å²) in [4.78, 5) is 0. The monoisotopic (exact) mass is 327 g/mol. The second-order valence-electron chi connectivity index (χ2n) is 4.56. The first-order chi connectivity index (χ1) is 10.1. The van der Waals surface area contributed by atoms with Crippen LogP contribution in [0.15, 0.2) is 36.4 Å². The molecule has 2 aromatic rings. The van der Waals surface area contributed by atoms with Gasteiger partial charge in [0.15, 0.2) is 0 Å². The molecule has 112 valence electrons. The molecule has 0 unspecified atom stereocenters. The van der Waals surface area contributed by atoms with Gasteiger partial charge in [0.2, 0.25) is 0 Å². The van der Waals surface area contributed by atoms with Crippen molar-refractivity contribution in [3.05, 3.63) is 63.4 Å². The fourth-order valence-electron chi connectivity index (χ4n) is 1.90. The Hall–Kier alpha value is -1.29. The molecular formula is C16H16Cl2FNO. The number of ether oxygens (including phenoxy) is 1. The predicted molar refractivity (Wildman–Crippen MR) is 84.6 cm³/mol. The van der Waals surface area contributed by atoms with Crippen LogP contribution in [0.25, 0.3) is 0 Å². The largest absolute Gasteiger partial charge is 0.488 e. The quantitative estimate of drug-likeness (QED) is 0.821. The van der Waals surface area contributed by atoms with Crippen molar-refractivity contribution >= 4 is 23.2 Å². The Kier molecular flexibility index (Phi) is 5.85. The molecule has 2 aromatic carbocycles. The van der Waals surface area contributed by atoms with Gasteiger partial charge in [-0.2, -0.15) is 0 Å². The Morgan fingerprint density at radius 3 is 2.43 bits per heavy atom. The summed E-state index contributed by atoms with van der Waals surface area (Å²) in [6.45, 7) is 3.62. The van der Waals surface area contributed by atoms with E-state index in [1.807, 2.05) is 13.0 Å². The molecule has 0 saturated carbocycles. The van der Waals surface area contributed by atoms with Crippen LogP contribution < -0.4 is 10.1 Å². The molecule has 0 aromatic heterocycles. The molecule has 21 heavy (non-hydrogen) atoms. The van der Waals surface area contributed by atoms with E-state index in [2.05, 4.69) is 5.32 Å². The third-order valence-electron chi connectivity index (χ3n) is 2.98. The summed E-state index contributed by atoms with van der Waals surface area (Å²) >= 11 is 11.9. The minimum absolute atomic E-state index is 0.118. The van der Waals surface area contributed by atoms with E-state index >= 15 is 0 Å². The molecule has 0 aliphatic carbocycles. The van der Waals surface area contributed by atoms with Crippen LogP contribution in [0.3, 0.4) is 0 Å². The molecular weight excluding hydrogens is 312 g/mol.